The summed E-state index contributed by atoms with van der Waals surface area (Å²) in [7, 11) is 0. The van der Waals surface area contributed by atoms with Crippen LogP contribution in [0.2, 0.25) is 0 Å². The predicted molar refractivity (Wildman–Crippen MR) is 101 cm³/mol. The van der Waals surface area contributed by atoms with Crippen molar-refractivity contribution in [2.45, 2.75) is 46.6 Å². The molecule has 2 rings (SSSR count). The second kappa shape index (κ2) is 8.16. The summed E-state index contributed by atoms with van der Waals surface area (Å²) in [5, 5.41) is 3.33. The number of amides is 2. The number of para-hydroxylation sites is 1. The summed E-state index contributed by atoms with van der Waals surface area (Å²) in [4.78, 5) is 25.5. The fourth-order valence-electron chi connectivity index (χ4n) is 2.71. The number of nitrogens with one attached hydrogen (secondary N) is 1. The third-order valence-corrected chi connectivity index (χ3v) is 5.13. The number of primary amides is 1. The number of hydrogen-bond acceptors (Lipinski definition) is 4. The van der Waals surface area contributed by atoms with Gasteiger partial charge in [-0.05, 0) is 43.9 Å². The van der Waals surface area contributed by atoms with E-state index in [0.717, 1.165) is 16.0 Å². The standard InChI is InChI=1S/C19H24N2O3S/c1-5-13-12(4)25-19(16(13)17(20)22)21-18(23)14(6-2)24-15-10-8-7-9-11(15)3/h7-10,14H,5-6H2,1-4H3,(H2,20,22)(H,21,23). The molecule has 0 fully saturated rings. The van der Waals surface area contributed by atoms with Crippen LogP contribution >= 0.6 is 11.3 Å². The van der Waals surface area contributed by atoms with Gasteiger partial charge in [0.2, 0.25) is 0 Å². The third-order valence-electron chi connectivity index (χ3n) is 4.07. The van der Waals surface area contributed by atoms with E-state index in [2.05, 4.69) is 5.32 Å². The number of ether oxygens (including phenoxy) is 1. The maximum atomic E-state index is 12.7. The molecule has 0 bridgehead atoms. The van der Waals surface area contributed by atoms with E-state index in [0.29, 0.717) is 29.2 Å². The summed E-state index contributed by atoms with van der Waals surface area (Å²) in [6.07, 6.45) is 0.555. The number of anilines is 1. The van der Waals surface area contributed by atoms with Crippen LogP contribution in [0.25, 0.3) is 0 Å². The number of hydrogen-bond donors (Lipinski definition) is 2. The highest BCUT2D eigenvalue weighted by Crippen LogP contribution is 2.33. The van der Waals surface area contributed by atoms with Crippen molar-refractivity contribution >= 4 is 28.2 Å². The molecule has 2 aromatic rings. The second-order valence-electron chi connectivity index (χ2n) is 5.83. The van der Waals surface area contributed by atoms with Crippen molar-refractivity contribution in [3.63, 3.8) is 0 Å². The summed E-state index contributed by atoms with van der Waals surface area (Å²) < 4.78 is 5.87. The van der Waals surface area contributed by atoms with Gasteiger partial charge < -0.3 is 15.8 Å². The molecular formula is C19H24N2O3S. The molecule has 0 saturated heterocycles. The van der Waals surface area contributed by atoms with Crippen molar-refractivity contribution in [3.05, 3.63) is 45.8 Å². The number of aryl methyl sites for hydroxylation is 2. The van der Waals surface area contributed by atoms with E-state index in [-0.39, 0.29) is 5.91 Å². The van der Waals surface area contributed by atoms with Crippen molar-refractivity contribution in [1.29, 1.82) is 0 Å². The molecule has 3 N–H and O–H groups in total. The van der Waals surface area contributed by atoms with Gasteiger partial charge in [-0.15, -0.1) is 11.3 Å². The fourth-order valence-corrected chi connectivity index (χ4v) is 3.86. The average Bonchev–Trinajstić information content (AvgIpc) is 2.89. The lowest BCUT2D eigenvalue weighted by molar-refractivity contribution is -0.122. The molecule has 0 aliphatic heterocycles. The zero-order valence-corrected chi connectivity index (χ0v) is 15.8. The number of rotatable bonds is 7. The van der Waals surface area contributed by atoms with Gasteiger partial charge in [-0.2, -0.15) is 0 Å². The Morgan fingerprint density at radius 1 is 1.24 bits per heavy atom. The van der Waals surface area contributed by atoms with E-state index in [1.165, 1.54) is 11.3 Å². The lowest BCUT2D eigenvalue weighted by Crippen LogP contribution is -2.33. The van der Waals surface area contributed by atoms with Crippen LogP contribution in [0.3, 0.4) is 0 Å². The van der Waals surface area contributed by atoms with Crippen molar-refractivity contribution in [2.75, 3.05) is 5.32 Å². The molecule has 0 aliphatic rings. The smallest absolute Gasteiger partial charge is 0.266 e. The minimum absolute atomic E-state index is 0.280. The van der Waals surface area contributed by atoms with E-state index in [1.54, 1.807) is 0 Å². The highest BCUT2D eigenvalue weighted by atomic mass is 32.1. The van der Waals surface area contributed by atoms with Crippen molar-refractivity contribution in [3.8, 4) is 5.75 Å². The molecule has 2 amide bonds. The highest BCUT2D eigenvalue weighted by Gasteiger charge is 2.24. The van der Waals surface area contributed by atoms with Crippen LogP contribution in [-0.4, -0.2) is 17.9 Å². The van der Waals surface area contributed by atoms with Gasteiger partial charge in [0, 0.05) is 4.88 Å². The Hall–Kier alpha value is -2.34. The van der Waals surface area contributed by atoms with Crippen LogP contribution in [0, 0.1) is 13.8 Å². The van der Waals surface area contributed by atoms with E-state index in [1.807, 2.05) is 52.0 Å². The van der Waals surface area contributed by atoms with E-state index >= 15 is 0 Å². The highest BCUT2D eigenvalue weighted by molar-refractivity contribution is 7.16. The van der Waals surface area contributed by atoms with Crippen molar-refractivity contribution < 1.29 is 14.3 Å². The molecule has 0 saturated carbocycles. The van der Waals surface area contributed by atoms with Crippen LogP contribution in [0.4, 0.5) is 5.00 Å². The van der Waals surface area contributed by atoms with Gasteiger partial charge in [-0.25, -0.2) is 0 Å². The zero-order chi connectivity index (χ0) is 18.6. The largest absolute Gasteiger partial charge is 0.480 e. The SMILES string of the molecule is CCc1c(C)sc(NC(=O)C(CC)Oc2ccccc2C)c1C(N)=O. The molecule has 5 nitrogen and oxygen atoms in total. The molecule has 1 unspecified atom stereocenters. The number of benzene rings is 1. The topological polar surface area (TPSA) is 81.4 Å². The minimum Gasteiger partial charge on any atom is -0.480 e. The summed E-state index contributed by atoms with van der Waals surface area (Å²) in [5.41, 5.74) is 7.78. The summed E-state index contributed by atoms with van der Waals surface area (Å²) >= 11 is 1.37. The first kappa shape index (κ1) is 19.0. The van der Waals surface area contributed by atoms with E-state index in [4.69, 9.17) is 10.5 Å². The third kappa shape index (κ3) is 4.20. The molecule has 0 aliphatic carbocycles. The molecule has 0 radical (unpaired) electrons. The van der Waals surface area contributed by atoms with Crippen LogP contribution in [0.5, 0.6) is 5.75 Å². The molecule has 0 spiro atoms. The van der Waals surface area contributed by atoms with Gasteiger partial charge in [-0.1, -0.05) is 32.0 Å². The summed E-state index contributed by atoms with van der Waals surface area (Å²) in [6, 6.07) is 7.56. The summed E-state index contributed by atoms with van der Waals surface area (Å²) in [6.45, 7) is 7.70. The Balaban J connectivity index is 2.23. The maximum absolute atomic E-state index is 12.7. The zero-order valence-electron chi connectivity index (χ0n) is 15.0. The minimum atomic E-state index is -0.644. The van der Waals surface area contributed by atoms with Gasteiger partial charge in [0.25, 0.3) is 11.8 Å². The van der Waals surface area contributed by atoms with Gasteiger partial charge in [0.15, 0.2) is 6.10 Å². The Bertz CT molecular complexity index is 783. The van der Waals surface area contributed by atoms with Crippen LogP contribution in [0.15, 0.2) is 24.3 Å². The Morgan fingerprint density at radius 2 is 1.92 bits per heavy atom. The molecule has 25 heavy (non-hydrogen) atoms. The first-order valence-electron chi connectivity index (χ1n) is 8.34. The van der Waals surface area contributed by atoms with Gasteiger partial charge in [0.05, 0.1) is 5.56 Å². The Morgan fingerprint density at radius 3 is 2.48 bits per heavy atom. The van der Waals surface area contributed by atoms with Crippen LogP contribution < -0.4 is 15.8 Å². The van der Waals surface area contributed by atoms with Gasteiger partial charge in [0.1, 0.15) is 10.8 Å². The predicted octanol–water partition coefficient (Wildman–Crippen LogP) is 3.82. The maximum Gasteiger partial charge on any atom is 0.266 e. The van der Waals surface area contributed by atoms with Crippen LogP contribution in [0.1, 0.15) is 46.6 Å². The number of carbonyl (C=O) groups is 2. The molecule has 1 atom stereocenters. The molecule has 134 valence electrons. The molecule has 1 heterocycles. The van der Waals surface area contributed by atoms with E-state index < -0.39 is 12.0 Å². The second-order valence-corrected chi connectivity index (χ2v) is 7.05. The lowest BCUT2D eigenvalue weighted by atomic mass is 10.1. The molecule has 1 aromatic carbocycles. The average molecular weight is 360 g/mol. The number of thiophene rings is 1. The first-order chi connectivity index (χ1) is 11.9. The normalized spacial score (nSPS) is 11.8. The Kier molecular flexibility index (Phi) is 6.20. The summed E-state index contributed by atoms with van der Waals surface area (Å²) in [5.74, 6) is -0.127. The fraction of sp³-hybridized carbons (Fsp3) is 0.368. The van der Waals surface area contributed by atoms with Crippen molar-refractivity contribution in [2.24, 2.45) is 5.73 Å². The number of carbonyl (C=O) groups excluding carboxylic acids is 2. The van der Waals surface area contributed by atoms with E-state index in [9.17, 15) is 9.59 Å². The molecular weight excluding hydrogens is 336 g/mol. The quantitative estimate of drug-likeness (QED) is 0.787. The molecule has 6 heteroatoms. The lowest BCUT2D eigenvalue weighted by Gasteiger charge is -2.18. The Labute approximate surface area is 152 Å². The number of nitrogens with two attached hydrogens (primary N) is 1. The molecule has 1 aromatic heterocycles. The monoisotopic (exact) mass is 360 g/mol. The van der Waals surface area contributed by atoms with Gasteiger partial charge in [-0.3, -0.25) is 9.59 Å². The first-order valence-corrected chi connectivity index (χ1v) is 9.15. The van der Waals surface area contributed by atoms with Crippen LogP contribution in [-0.2, 0) is 11.2 Å². The van der Waals surface area contributed by atoms with Crippen molar-refractivity contribution in [1.82, 2.24) is 0 Å². The van der Waals surface area contributed by atoms with Gasteiger partial charge >= 0.3 is 0 Å².